The molecule has 2 rings (SSSR count). The van der Waals surface area contributed by atoms with Gasteiger partial charge in [0.25, 0.3) is 0 Å². The van der Waals surface area contributed by atoms with Gasteiger partial charge in [-0.25, -0.2) is 13.6 Å². The van der Waals surface area contributed by atoms with Gasteiger partial charge in [-0.15, -0.1) is 0 Å². The number of carboxylic acids is 1. The molecule has 2 amide bonds. The van der Waals surface area contributed by atoms with Crippen LogP contribution in [-0.2, 0) is 27.2 Å². The highest BCUT2D eigenvalue weighted by Gasteiger charge is 2.26. The van der Waals surface area contributed by atoms with Gasteiger partial charge in [-0.2, -0.15) is 0 Å². The van der Waals surface area contributed by atoms with Crippen molar-refractivity contribution >= 4 is 17.8 Å². The van der Waals surface area contributed by atoms with Crippen molar-refractivity contribution in [3.63, 3.8) is 0 Å². The van der Waals surface area contributed by atoms with Gasteiger partial charge in [0.05, 0.1) is 0 Å². The molecule has 0 saturated carbocycles. The average Bonchev–Trinajstić information content (AvgIpc) is 2.63. The first-order chi connectivity index (χ1) is 13.2. The second-order valence-electron chi connectivity index (χ2n) is 6.31. The van der Waals surface area contributed by atoms with Crippen LogP contribution >= 0.6 is 0 Å². The maximum atomic E-state index is 13.0. The molecule has 0 aromatic heterocycles. The van der Waals surface area contributed by atoms with Crippen molar-refractivity contribution < 1.29 is 28.3 Å². The lowest BCUT2D eigenvalue weighted by molar-refractivity contribution is -0.142. The van der Waals surface area contributed by atoms with E-state index < -0.39 is 41.5 Å². The predicted molar refractivity (Wildman–Crippen MR) is 97.4 cm³/mol. The summed E-state index contributed by atoms with van der Waals surface area (Å²) < 4.78 is 26.1. The first kappa shape index (κ1) is 21.0. The normalized spacial score (nSPS) is 12.7. The van der Waals surface area contributed by atoms with Gasteiger partial charge in [-0.1, -0.05) is 24.3 Å². The molecule has 6 nitrogen and oxygen atoms in total. The summed E-state index contributed by atoms with van der Waals surface area (Å²) in [6, 6.07) is 8.38. The van der Waals surface area contributed by atoms with Crippen LogP contribution in [0.2, 0.25) is 0 Å². The smallest absolute Gasteiger partial charge is 0.326 e. The number of carboxylic acid groups (broad SMARTS) is 1. The van der Waals surface area contributed by atoms with E-state index in [1.54, 1.807) is 0 Å². The summed E-state index contributed by atoms with van der Waals surface area (Å²) >= 11 is 0. The lowest BCUT2D eigenvalue weighted by atomic mass is 10.0. The van der Waals surface area contributed by atoms with Gasteiger partial charge >= 0.3 is 5.97 Å². The van der Waals surface area contributed by atoms with E-state index in [2.05, 4.69) is 10.6 Å². The largest absolute Gasteiger partial charge is 0.480 e. The number of hydrogen-bond donors (Lipinski definition) is 3. The van der Waals surface area contributed by atoms with Crippen molar-refractivity contribution in [1.82, 2.24) is 10.6 Å². The van der Waals surface area contributed by atoms with Crippen LogP contribution in [0.15, 0.2) is 48.5 Å². The number of benzene rings is 2. The minimum Gasteiger partial charge on any atom is -0.480 e. The van der Waals surface area contributed by atoms with Gasteiger partial charge in [0.15, 0.2) is 0 Å². The Morgan fingerprint density at radius 1 is 0.821 bits per heavy atom. The Kier molecular flexibility index (Phi) is 7.20. The highest BCUT2D eigenvalue weighted by Crippen LogP contribution is 2.09. The highest BCUT2D eigenvalue weighted by atomic mass is 19.1. The summed E-state index contributed by atoms with van der Waals surface area (Å²) in [5.41, 5.74) is 1.13. The number of carbonyl (C=O) groups is 3. The summed E-state index contributed by atoms with van der Waals surface area (Å²) in [6.45, 7) is 1.23. The zero-order chi connectivity index (χ0) is 20.7. The first-order valence-corrected chi connectivity index (χ1v) is 8.53. The van der Waals surface area contributed by atoms with Crippen LogP contribution in [-0.4, -0.2) is 35.0 Å². The third-order valence-corrected chi connectivity index (χ3v) is 4.01. The van der Waals surface area contributed by atoms with E-state index in [1.165, 1.54) is 55.5 Å². The van der Waals surface area contributed by atoms with E-state index in [-0.39, 0.29) is 12.8 Å². The van der Waals surface area contributed by atoms with Crippen LogP contribution in [0.25, 0.3) is 0 Å². The second kappa shape index (κ2) is 9.59. The molecule has 148 valence electrons. The number of carbonyl (C=O) groups excluding carboxylic acids is 2. The van der Waals surface area contributed by atoms with Gasteiger partial charge in [0.1, 0.15) is 23.7 Å². The molecule has 0 fully saturated rings. The second-order valence-corrected chi connectivity index (χ2v) is 6.31. The van der Waals surface area contributed by atoms with Gasteiger partial charge in [-0.05, 0) is 35.4 Å². The van der Waals surface area contributed by atoms with Crippen LogP contribution in [0.1, 0.15) is 18.1 Å². The monoisotopic (exact) mass is 390 g/mol. The fourth-order valence-electron chi connectivity index (χ4n) is 2.64. The molecular formula is C20H20F2N2O4. The molecule has 0 radical (unpaired) electrons. The van der Waals surface area contributed by atoms with E-state index in [9.17, 15) is 28.3 Å². The summed E-state index contributed by atoms with van der Waals surface area (Å²) in [5.74, 6) is -3.30. The Hall–Kier alpha value is -3.29. The molecule has 0 unspecified atom stereocenters. The standard InChI is InChI=1S/C20H20F2N2O4/c1-12(25)23-17(10-13-2-6-15(21)7-3-13)19(26)24-18(20(27)28)11-14-4-8-16(22)9-5-14/h2-9,17-18H,10-11H2,1H3,(H,23,25)(H,24,26)(H,27,28)/t17-,18+/m1/s1. The zero-order valence-electron chi connectivity index (χ0n) is 15.1. The van der Waals surface area contributed by atoms with Crippen molar-refractivity contribution in [3.8, 4) is 0 Å². The number of hydrogen-bond acceptors (Lipinski definition) is 3. The van der Waals surface area contributed by atoms with Crippen molar-refractivity contribution in [2.45, 2.75) is 31.8 Å². The van der Waals surface area contributed by atoms with Crippen molar-refractivity contribution in [1.29, 1.82) is 0 Å². The quantitative estimate of drug-likeness (QED) is 0.641. The van der Waals surface area contributed by atoms with Crippen LogP contribution in [0, 0.1) is 11.6 Å². The van der Waals surface area contributed by atoms with Crippen LogP contribution in [0.4, 0.5) is 8.78 Å². The molecule has 8 heteroatoms. The molecule has 0 heterocycles. The van der Waals surface area contributed by atoms with Crippen LogP contribution < -0.4 is 10.6 Å². The van der Waals surface area contributed by atoms with Gasteiger partial charge < -0.3 is 15.7 Å². The summed E-state index contributed by atoms with van der Waals surface area (Å²) in [4.78, 5) is 35.6. The topological polar surface area (TPSA) is 95.5 Å². The maximum absolute atomic E-state index is 13.0. The Morgan fingerprint density at radius 3 is 1.64 bits per heavy atom. The third-order valence-electron chi connectivity index (χ3n) is 4.01. The Labute approximate surface area is 160 Å². The molecule has 2 aromatic rings. The van der Waals surface area contributed by atoms with Gasteiger partial charge in [0, 0.05) is 19.8 Å². The summed E-state index contributed by atoms with van der Waals surface area (Å²) in [5, 5.41) is 14.3. The number of nitrogens with one attached hydrogen (secondary N) is 2. The number of rotatable bonds is 8. The molecule has 3 N–H and O–H groups in total. The fourth-order valence-corrected chi connectivity index (χ4v) is 2.64. The van der Waals surface area contributed by atoms with E-state index in [0.29, 0.717) is 11.1 Å². The average molecular weight is 390 g/mol. The minimum atomic E-state index is -1.26. The summed E-state index contributed by atoms with van der Waals surface area (Å²) in [6.07, 6.45) is 0.0132. The van der Waals surface area contributed by atoms with E-state index >= 15 is 0 Å². The number of halogens is 2. The SMILES string of the molecule is CC(=O)N[C@H](Cc1ccc(F)cc1)C(=O)N[C@@H](Cc1ccc(F)cc1)C(=O)O. The molecule has 0 saturated heterocycles. The number of amides is 2. The summed E-state index contributed by atoms with van der Waals surface area (Å²) in [7, 11) is 0. The van der Waals surface area contributed by atoms with Crippen molar-refractivity contribution in [2.24, 2.45) is 0 Å². The molecule has 2 atom stereocenters. The zero-order valence-corrected chi connectivity index (χ0v) is 15.1. The van der Waals surface area contributed by atoms with Crippen LogP contribution in [0.5, 0.6) is 0 Å². The maximum Gasteiger partial charge on any atom is 0.326 e. The molecule has 0 bridgehead atoms. The molecule has 0 aliphatic carbocycles. The molecule has 28 heavy (non-hydrogen) atoms. The van der Waals surface area contributed by atoms with E-state index in [4.69, 9.17) is 0 Å². The molecule has 0 spiro atoms. The third kappa shape index (κ3) is 6.46. The lowest BCUT2D eigenvalue weighted by Gasteiger charge is -2.21. The van der Waals surface area contributed by atoms with Crippen LogP contribution in [0.3, 0.4) is 0 Å². The minimum absolute atomic E-state index is 0.0509. The molecule has 2 aromatic carbocycles. The predicted octanol–water partition coefficient (Wildman–Crippen LogP) is 1.82. The first-order valence-electron chi connectivity index (χ1n) is 8.53. The molecule has 0 aliphatic rings. The van der Waals surface area contributed by atoms with Gasteiger partial charge in [-0.3, -0.25) is 9.59 Å². The van der Waals surface area contributed by atoms with Gasteiger partial charge in [0.2, 0.25) is 11.8 Å². The fraction of sp³-hybridized carbons (Fsp3) is 0.250. The molecular weight excluding hydrogens is 370 g/mol. The van der Waals surface area contributed by atoms with E-state index in [1.807, 2.05) is 0 Å². The van der Waals surface area contributed by atoms with Crippen molar-refractivity contribution in [3.05, 3.63) is 71.3 Å². The Morgan fingerprint density at radius 2 is 1.25 bits per heavy atom. The number of aliphatic carboxylic acids is 1. The molecule has 0 aliphatic heterocycles. The Bertz CT molecular complexity index is 838. The Balaban J connectivity index is 2.11. The van der Waals surface area contributed by atoms with Crippen molar-refractivity contribution in [2.75, 3.05) is 0 Å². The highest BCUT2D eigenvalue weighted by molar-refractivity contribution is 5.90. The van der Waals surface area contributed by atoms with E-state index in [0.717, 1.165) is 0 Å². The lowest BCUT2D eigenvalue weighted by Crippen LogP contribution is -2.52.